The molecule has 1 aliphatic carbocycles. The molecule has 1 heterocycles. The van der Waals surface area contributed by atoms with Gasteiger partial charge < -0.3 is 5.32 Å². The highest BCUT2D eigenvalue weighted by Gasteiger charge is 2.41. The largest absolute Gasteiger partial charge is 0.307 e. The number of rotatable bonds is 2. The number of nitrogens with one attached hydrogen (secondary N) is 2. The topological polar surface area (TPSA) is 58.2 Å². The summed E-state index contributed by atoms with van der Waals surface area (Å²) in [5, 5.41) is 4.04. The summed E-state index contributed by atoms with van der Waals surface area (Å²) >= 11 is 6.05. The Labute approximate surface area is 137 Å². The van der Waals surface area contributed by atoms with E-state index in [-0.39, 0.29) is 24.0 Å². The minimum atomic E-state index is -3.51. The van der Waals surface area contributed by atoms with Gasteiger partial charge in [0.2, 0.25) is 10.0 Å². The standard InChI is InChI=1S/C16H23ClN2O2S/c1-10(2)18-16-12-5-3-4-6-14(12)19-22(20,21)15-9-11(17)7-8-13(15)16/h7-10,12,14,16,18-19H,3-6H2,1-2H3. The van der Waals surface area contributed by atoms with Crippen LogP contribution in [0.4, 0.5) is 0 Å². The van der Waals surface area contributed by atoms with Gasteiger partial charge in [-0.1, -0.05) is 44.4 Å². The molecule has 3 unspecified atom stereocenters. The first-order chi connectivity index (χ1) is 10.4. The molecular formula is C16H23ClN2O2S. The van der Waals surface area contributed by atoms with E-state index in [1.54, 1.807) is 12.1 Å². The van der Waals surface area contributed by atoms with E-state index in [4.69, 9.17) is 11.6 Å². The zero-order valence-corrected chi connectivity index (χ0v) is 14.5. The fourth-order valence-electron chi connectivity index (χ4n) is 3.77. The molecule has 2 N–H and O–H groups in total. The minimum absolute atomic E-state index is 0.00109. The molecule has 3 rings (SSSR count). The zero-order chi connectivity index (χ0) is 15.9. The van der Waals surface area contributed by atoms with Crippen LogP contribution in [0.5, 0.6) is 0 Å². The van der Waals surface area contributed by atoms with Crippen molar-refractivity contribution in [1.29, 1.82) is 0 Å². The van der Waals surface area contributed by atoms with Gasteiger partial charge in [0.25, 0.3) is 0 Å². The maximum Gasteiger partial charge on any atom is 0.241 e. The van der Waals surface area contributed by atoms with Crippen molar-refractivity contribution in [2.45, 2.75) is 62.6 Å². The van der Waals surface area contributed by atoms with E-state index in [0.717, 1.165) is 31.2 Å². The molecular weight excluding hydrogens is 320 g/mol. The lowest BCUT2D eigenvalue weighted by Crippen LogP contribution is -2.45. The third-order valence-corrected chi connectivity index (χ3v) is 6.45. The molecule has 0 radical (unpaired) electrons. The maximum absolute atomic E-state index is 12.7. The van der Waals surface area contributed by atoms with Gasteiger partial charge in [-0.3, -0.25) is 0 Å². The molecule has 1 aliphatic heterocycles. The van der Waals surface area contributed by atoms with Crippen molar-refractivity contribution in [3.8, 4) is 0 Å². The third kappa shape index (κ3) is 3.04. The first kappa shape index (κ1) is 16.2. The fourth-order valence-corrected chi connectivity index (χ4v) is 5.61. The number of sulfonamides is 1. The van der Waals surface area contributed by atoms with E-state index in [1.165, 1.54) is 0 Å². The molecule has 22 heavy (non-hydrogen) atoms. The summed E-state index contributed by atoms with van der Waals surface area (Å²) in [6.45, 7) is 4.19. The second kappa shape index (κ2) is 6.11. The molecule has 0 spiro atoms. The molecule has 6 heteroatoms. The van der Waals surface area contributed by atoms with Gasteiger partial charge >= 0.3 is 0 Å². The normalized spacial score (nSPS) is 30.5. The van der Waals surface area contributed by atoms with Crippen LogP contribution in [0.2, 0.25) is 5.02 Å². The number of benzene rings is 1. The van der Waals surface area contributed by atoms with Gasteiger partial charge in [-0.15, -0.1) is 0 Å². The van der Waals surface area contributed by atoms with Crippen LogP contribution in [-0.2, 0) is 10.0 Å². The molecule has 0 aromatic heterocycles. The predicted molar refractivity (Wildman–Crippen MR) is 88.5 cm³/mol. The Balaban J connectivity index is 2.15. The minimum Gasteiger partial charge on any atom is -0.307 e. The van der Waals surface area contributed by atoms with E-state index in [9.17, 15) is 8.42 Å². The highest BCUT2D eigenvalue weighted by atomic mass is 35.5. The first-order valence-electron chi connectivity index (χ1n) is 7.96. The number of halogens is 1. The molecule has 122 valence electrons. The van der Waals surface area contributed by atoms with Gasteiger partial charge in [-0.2, -0.15) is 0 Å². The summed E-state index contributed by atoms with van der Waals surface area (Å²) in [6, 6.07) is 5.56. The number of hydrogen-bond acceptors (Lipinski definition) is 3. The van der Waals surface area contributed by atoms with E-state index < -0.39 is 10.0 Å². The average molecular weight is 343 g/mol. The van der Waals surface area contributed by atoms with Crippen LogP contribution in [0.1, 0.15) is 51.1 Å². The molecule has 2 aliphatic rings. The highest BCUT2D eigenvalue weighted by Crippen LogP contribution is 2.41. The lowest BCUT2D eigenvalue weighted by atomic mass is 9.77. The van der Waals surface area contributed by atoms with Gasteiger partial charge in [0.1, 0.15) is 0 Å². The molecule has 1 fully saturated rings. The second-order valence-electron chi connectivity index (χ2n) is 6.66. The Bertz CT molecular complexity index is 660. The number of fused-ring (bicyclic) bond motifs is 2. The van der Waals surface area contributed by atoms with Crippen LogP contribution in [0.3, 0.4) is 0 Å². The molecule has 4 nitrogen and oxygen atoms in total. The Morgan fingerprint density at radius 2 is 2.00 bits per heavy atom. The van der Waals surface area contributed by atoms with E-state index in [1.807, 2.05) is 6.07 Å². The smallest absolute Gasteiger partial charge is 0.241 e. The lowest BCUT2D eigenvalue weighted by molar-refractivity contribution is 0.218. The predicted octanol–water partition coefficient (Wildman–Crippen LogP) is 3.23. The van der Waals surface area contributed by atoms with Crippen LogP contribution < -0.4 is 10.0 Å². The maximum atomic E-state index is 12.7. The molecule has 3 atom stereocenters. The van der Waals surface area contributed by atoms with Gasteiger partial charge in [0.15, 0.2) is 0 Å². The van der Waals surface area contributed by atoms with Crippen molar-refractivity contribution >= 4 is 21.6 Å². The summed E-state index contributed by atoms with van der Waals surface area (Å²) in [7, 11) is -3.51. The summed E-state index contributed by atoms with van der Waals surface area (Å²) in [5.74, 6) is 0.286. The van der Waals surface area contributed by atoms with E-state index in [0.29, 0.717) is 9.92 Å². The van der Waals surface area contributed by atoms with Crippen molar-refractivity contribution in [3.63, 3.8) is 0 Å². The molecule has 0 bridgehead atoms. The molecule has 0 amide bonds. The van der Waals surface area contributed by atoms with Crippen LogP contribution in [-0.4, -0.2) is 20.5 Å². The fraction of sp³-hybridized carbons (Fsp3) is 0.625. The monoisotopic (exact) mass is 342 g/mol. The first-order valence-corrected chi connectivity index (χ1v) is 9.82. The Hall–Kier alpha value is -0.620. The van der Waals surface area contributed by atoms with Gasteiger partial charge in [0.05, 0.1) is 4.90 Å². The SMILES string of the molecule is CC(C)NC1c2ccc(Cl)cc2S(=O)(=O)NC2CCCCC21. The zero-order valence-electron chi connectivity index (χ0n) is 13.0. The Kier molecular flexibility index (Phi) is 4.52. The lowest BCUT2D eigenvalue weighted by Gasteiger charge is -2.36. The average Bonchev–Trinajstić information content (AvgIpc) is 2.53. The highest BCUT2D eigenvalue weighted by molar-refractivity contribution is 7.89. The quantitative estimate of drug-likeness (QED) is 0.867. The molecule has 1 saturated carbocycles. The summed E-state index contributed by atoms with van der Waals surface area (Å²) in [6.07, 6.45) is 4.18. The Morgan fingerprint density at radius 3 is 2.73 bits per heavy atom. The third-order valence-electron chi connectivity index (χ3n) is 4.67. The molecule has 0 saturated heterocycles. The summed E-state index contributed by atoms with van der Waals surface area (Å²) in [4.78, 5) is 0.326. The van der Waals surface area contributed by atoms with Gasteiger partial charge in [-0.25, -0.2) is 13.1 Å². The second-order valence-corrected chi connectivity index (χ2v) is 8.78. The van der Waals surface area contributed by atoms with Crippen molar-refractivity contribution in [2.75, 3.05) is 0 Å². The van der Waals surface area contributed by atoms with Crippen LogP contribution in [0.25, 0.3) is 0 Å². The van der Waals surface area contributed by atoms with Crippen molar-refractivity contribution in [1.82, 2.24) is 10.0 Å². The van der Waals surface area contributed by atoms with Crippen molar-refractivity contribution in [2.24, 2.45) is 5.92 Å². The van der Waals surface area contributed by atoms with Crippen LogP contribution in [0.15, 0.2) is 23.1 Å². The van der Waals surface area contributed by atoms with Crippen molar-refractivity contribution < 1.29 is 8.42 Å². The molecule has 1 aromatic rings. The van der Waals surface area contributed by atoms with E-state index >= 15 is 0 Å². The Morgan fingerprint density at radius 1 is 1.27 bits per heavy atom. The summed E-state index contributed by atoms with van der Waals surface area (Å²) < 4.78 is 28.4. The van der Waals surface area contributed by atoms with Crippen LogP contribution >= 0.6 is 11.6 Å². The van der Waals surface area contributed by atoms with Crippen molar-refractivity contribution in [3.05, 3.63) is 28.8 Å². The van der Waals surface area contributed by atoms with Gasteiger partial charge in [-0.05, 0) is 36.5 Å². The molecule has 1 aromatic carbocycles. The number of hydrogen-bond donors (Lipinski definition) is 2. The summed E-state index contributed by atoms with van der Waals surface area (Å²) in [5.41, 5.74) is 0.847. The van der Waals surface area contributed by atoms with E-state index in [2.05, 4.69) is 23.9 Å². The van der Waals surface area contributed by atoms with Gasteiger partial charge in [0, 0.05) is 23.1 Å². The van der Waals surface area contributed by atoms with Crippen LogP contribution in [0, 0.1) is 5.92 Å².